The van der Waals surface area contributed by atoms with E-state index in [-0.39, 0.29) is 20.1 Å². The first-order valence-corrected chi connectivity index (χ1v) is 13.4. The molecule has 4 N–H and O–H groups in total. The number of H-pyrrole nitrogens is 2. The molecule has 0 spiro atoms. The second-order valence-corrected chi connectivity index (χ2v) is 11.4. The minimum absolute atomic E-state index is 0.152. The van der Waals surface area contributed by atoms with E-state index < -0.39 is 0 Å². The third-order valence-electron chi connectivity index (χ3n) is 7.26. The number of nitrogen functional groups attached to an aromatic ring is 1. The average Bonchev–Trinajstić information content (AvgIpc) is 3.72. The van der Waals surface area contributed by atoms with Crippen molar-refractivity contribution in [3.8, 4) is 11.4 Å². The van der Waals surface area contributed by atoms with Crippen LogP contribution < -0.4 is 16.2 Å². The summed E-state index contributed by atoms with van der Waals surface area (Å²) in [6.07, 6.45) is 5.26. The van der Waals surface area contributed by atoms with Crippen LogP contribution >= 0.6 is 0 Å². The molecule has 3 aromatic heterocycles. The molecule has 0 unspecified atom stereocenters. The molecule has 0 amide bonds. The number of piperazine rings is 1. The average molecular weight is 493 g/mol. The molecule has 1 aliphatic heterocycles. The van der Waals surface area contributed by atoms with Crippen LogP contribution in [0.1, 0.15) is 37.2 Å². The van der Waals surface area contributed by atoms with Gasteiger partial charge in [0, 0.05) is 6.04 Å². The Labute approximate surface area is 191 Å². The Morgan fingerprint density at radius 2 is 1.84 bits per heavy atom. The molecule has 4 heterocycles. The molecule has 0 atom stereocenters. The third kappa shape index (κ3) is 3.04. The fraction of sp³-hybridized carbons (Fsp3) is 0.417. The number of anilines is 2. The summed E-state index contributed by atoms with van der Waals surface area (Å²) >= 11 is 0.152. The van der Waals surface area contributed by atoms with Crippen molar-refractivity contribution in [3.05, 3.63) is 39.1 Å². The molecule has 0 bridgehead atoms. The van der Waals surface area contributed by atoms with E-state index in [1.54, 1.807) is 0 Å². The van der Waals surface area contributed by atoms with Crippen LogP contribution in [0.15, 0.2) is 27.9 Å². The SMILES string of the molecule is Nc1c(-c2nc3cc(N4CCN(C5CC5)CC4)c(C4CC4)cc3[nH]2)c(=O)[nH]c2cc[se]c12. The first kappa shape index (κ1) is 19.0. The predicted molar refractivity (Wildman–Crippen MR) is 130 cm³/mol. The molecular formula is C24H26N6OSe. The summed E-state index contributed by atoms with van der Waals surface area (Å²) in [6, 6.07) is 7.30. The number of nitrogens with one attached hydrogen (secondary N) is 2. The molecule has 3 aliphatic rings. The van der Waals surface area contributed by atoms with Crippen molar-refractivity contribution in [1.29, 1.82) is 0 Å². The van der Waals surface area contributed by atoms with Gasteiger partial charge in [-0.2, -0.15) is 0 Å². The molecule has 1 saturated heterocycles. The Hall–Kier alpha value is -2.54. The number of nitrogens with zero attached hydrogens (tertiary/aromatic N) is 3. The monoisotopic (exact) mass is 494 g/mol. The summed E-state index contributed by atoms with van der Waals surface area (Å²) in [7, 11) is 0. The van der Waals surface area contributed by atoms with Crippen molar-refractivity contribution in [1.82, 2.24) is 19.9 Å². The van der Waals surface area contributed by atoms with Crippen molar-refractivity contribution < 1.29 is 0 Å². The molecule has 2 saturated carbocycles. The van der Waals surface area contributed by atoms with Crippen LogP contribution in [-0.4, -0.2) is 66.6 Å². The maximum absolute atomic E-state index is 12.8. The number of nitrogens with two attached hydrogens (primary N) is 1. The molecule has 7 rings (SSSR count). The van der Waals surface area contributed by atoms with Gasteiger partial charge in [0.2, 0.25) is 0 Å². The molecule has 164 valence electrons. The Morgan fingerprint density at radius 3 is 2.59 bits per heavy atom. The summed E-state index contributed by atoms with van der Waals surface area (Å²) in [5.41, 5.74) is 12.8. The minimum atomic E-state index is -0.179. The zero-order valence-electron chi connectivity index (χ0n) is 17.9. The van der Waals surface area contributed by atoms with Crippen molar-refractivity contribution >= 4 is 46.7 Å². The van der Waals surface area contributed by atoms with Crippen LogP contribution in [0, 0.1) is 0 Å². The standard InChI is InChI=1S/C24H26N6OSe/c25-21-20(24(31)28-16-5-10-32-22(16)21)23-26-17-11-15(13-1-2-13)19(12-18(17)27-23)30-8-6-29(7-9-30)14-3-4-14/h5,10-14H,1-4,6-9H2,(H,26,27)(H3,25,28,31). The van der Waals surface area contributed by atoms with Gasteiger partial charge < -0.3 is 0 Å². The van der Waals surface area contributed by atoms with Gasteiger partial charge in [-0.15, -0.1) is 0 Å². The second kappa shape index (κ2) is 6.98. The molecule has 1 aromatic carbocycles. The van der Waals surface area contributed by atoms with Gasteiger partial charge in [0.25, 0.3) is 0 Å². The quantitative estimate of drug-likeness (QED) is 0.380. The number of hydrogen-bond acceptors (Lipinski definition) is 5. The number of fused-ring (bicyclic) bond motifs is 2. The molecular weight excluding hydrogens is 467 g/mol. The molecule has 4 aromatic rings. The van der Waals surface area contributed by atoms with E-state index in [1.807, 2.05) is 6.07 Å². The topological polar surface area (TPSA) is 94.0 Å². The van der Waals surface area contributed by atoms with Gasteiger partial charge in [0.1, 0.15) is 0 Å². The van der Waals surface area contributed by atoms with E-state index in [0.717, 1.165) is 53.0 Å². The van der Waals surface area contributed by atoms with Crippen molar-refractivity contribution in [2.75, 3.05) is 36.8 Å². The van der Waals surface area contributed by atoms with E-state index in [4.69, 9.17) is 10.7 Å². The number of hydrogen-bond donors (Lipinski definition) is 3. The summed E-state index contributed by atoms with van der Waals surface area (Å²) in [5.74, 6) is 1.21. The molecule has 0 radical (unpaired) electrons. The van der Waals surface area contributed by atoms with Crippen LogP contribution in [0.3, 0.4) is 0 Å². The second-order valence-electron chi connectivity index (χ2n) is 9.45. The van der Waals surface area contributed by atoms with E-state index in [9.17, 15) is 4.79 Å². The predicted octanol–water partition coefficient (Wildman–Crippen LogP) is 2.87. The number of benzene rings is 1. The third-order valence-corrected chi connectivity index (χ3v) is 9.25. The summed E-state index contributed by atoms with van der Waals surface area (Å²) in [4.78, 5) is 31.4. The van der Waals surface area contributed by atoms with E-state index >= 15 is 0 Å². The van der Waals surface area contributed by atoms with Gasteiger partial charge >= 0.3 is 173 Å². The number of imidazole rings is 1. The number of pyridine rings is 1. The Morgan fingerprint density at radius 1 is 1.03 bits per heavy atom. The molecule has 8 heteroatoms. The van der Waals surface area contributed by atoms with Crippen LogP contribution in [-0.2, 0) is 0 Å². The fourth-order valence-electron chi connectivity index (χ4n) is 5.22. The zero-order valence-corrected chi connectivity index (χ0v) is 19.6. The summed E-state index contributed by atoms with van der Waals surface area (Å²) in [6.45, 7) is 4.45. The fourth-order valence-corrected chi connectivity index (χ4v) is 6.93. The maximum atomic E-state index is 12.8. The number of rotatable bonds is 4. The van der Waals surface area contributed by atoms with Gasteiger partial charge in [-0.3, -0.25) is 0 Å². The van der Waals surface area contributed by atoms with E-state index in [0.29, 0.717) is 23.0 Å². The van der Waals surface area contributed by atoms with Crippen LogP contribution in [0.4, 0.5) is 11.4 Å². The summed E-state index contributed by atoms with van der Waals surface area (Å²) < 4.78 is 1.04. The van der Waals surface area contributed by atoms with Crippen LogP contribution in [0.5, 0.6) is 0 Å². The van der Waals surface area contributed by atoms with Gasteiger partial charge in [0.15, 0.2) is 0 Å². The van der Waals surface area contributed by atoms with E-state index in [2.05, 4.69) is 36.8 Å². The summed E-state index contributed by atoms with van der Waals surface area (Å²) in [5, 5.41) is 0. The molecule has 7 nitrogen and oxygen atoms in total. The molecule has 32 heavy (non-hydrogen) atoms. The van der Waals surface area contributed by atoms with Gasteiger partial charge in [-0.25, -0.2) is 0 Å². The first-order valence-electron chi connectivity index (χ1n) is 11.6. The van der Waals surface area contributed by atoms with Crippen molar-refractivity contribution in [2.45, 2.75) is 37.6 Å². The number of aromatic amines is 2. The van der Waals surface area contributed by atoms with Gasteiger partial charge in [-0.05, 0) is 12.8 Å². The van der Waals surface area contributed by atoms with Crippen LogP contribution in [0.2, 0.25) is 0 Å². The van der Waals surface area contributed by atoms with Gasteiger partial charge in [-0.1, -0.05) is 0 Å². The Bertz CT molecular complexity index is 1400. The van der Waals surface area contributed by atoms with Crippen molar-refractivity contribution in [2.24, 2.45) is 0 Å². The Balaban J connectivity index is 1.31. The van der Waals surface area contributed by atoms with Crippen molar-refractivity contribution in [3.63, 3.8) is 0 Å². The Kier molecular flexibility index (Phi) is 4.14. The normalized spacial score (nSPS) is 19.9. The molecule has 2 aliphatic carbocycles. The van der Waals surface area contributed by atoms with Crippen LogP contribution in [0.25, 0.3) is 32.2 Å². The van der Waals surface area contributed by atoms with Gasteiger partial charge in [0.05, 0.1) is 0 Å². The molecule has 3 fully saturated rings. The number of aromatic nitrogens is 3. The zero-order chi connectivity index (χ0) is 21.4. The van der Waals surface area contributed by atoms with E-state index in [1.165, 1.54) is 36.9 Å². The first-order chi connectivity index (χ1) is 15.7.